The van der Waals surface area contributed by atoms with Crippen LogP contribution in [0.1, 0.15) is 16.1 Å². The van der Waals surface area contributed by atoms with Gasteiger partial charge < -0.3 is 14.6 Å². The van der Waals surface area contributed by atoms with Gasteiger partial charge in [-0.25, -0.2) is 0 Å². The molecule has 0 aliphatic carbocycles. The number of amides is 1. The molecule has 0 unspecified atom stereocenters. The van der Waals surface area contributed by atoms with E-state index in [4.69, 9.17) is 4.74 Å². The van der Waals surface area contributed by atoms with Crippen LogP contribution in [0.15, 0.2) is 41.3 Å². The van der Waals surface area contributed by atoms with E-state index in [0.29, 0.717) is 0 Å². The molecule has 2 aromatic rings. The fourth-order valence-electron chi connectivity index (χ4n) is 1.92. The number of aryl methyl sites for hydroxylation is 1. The fraction of sp³-hybridized carbons (Fsp3) is 0.200. The molecule has 2 rings (SSSR count). The second kappa shape index (κ2) is 6.15. The summed E-state index contributed by atoms with van der Waals surface area (Å²) >= 11 is 0. The molecule has 0 aliphatic heterocycles. The van der Waals surface area contributed by atoms with Crippen LogP contribution in [-0.2, 0) is 13.2 Å². The molecule has 0 atom stereocenters. The number of alkyl halides is 3. The summed E-state index contributed by atoms with van der Waals surface area (Å²) in [5, 5.41) is 2.44. The van der Waals surface area contributed by atoms with Crippen molar-refractivity contribution in [2.45, 2.75) is 6.18 Å². The quantitative estimate of drug-likeness (QED) is 0.943. The summed E-state index contributed by atoms with van der Waals surface area (Å²) in [5.74, 6) is -0.536. The average Bonchev–Trinajstić information content (AvgIpc) is 2.48. The minimum atomic E-state index is -4.44. The van der Waals surface area contributed by atoms with E-state index in [0.717, 1.165) is 30.3 Å². The standard InChI is InChI=1S/C15H13F3N2O3/c1-20-8-13(23-2)12(21)7-11(20)14(22)19-10-5-3-9(4-6-10)15(16,17)18/h3-8H,1-2H3,(H,19,22). The lowest BCUT2D eigenvalue weighted by atomic mass is 10.2. The summed E-state index contributed by atoms with van der Waals surface area (Å²) in [5.41, 5.74) is -1.04. The third kappa shape index (κ3) is 3.71. The SMILES string of the molecule is COc1cn(C)c(C(=O)Nc2ccc(C(F)(F)F)cc2)cc1=O. The van der Waals surface area contributed by atoms with Crippen molar-refractivity contribution in [3.8, 4) is 5.75 Å². The molecule has 1 heterocycles. The number of aromatic nitrogens is 1. The van der Waals surface area contributed by atoms with E-state index in [9.17, 15) is 22.8 Å². The van der Waals surface area contributed by atoms with Gasteiger partial charge in [-0.1, -0.05) is 0 Å². The molecule has 0 radical (unpaired) electrons. The Morgan fingerprint density at radius 1 is 1.22 bits per heavy atom. The molecule has 1 aromatic carbocycles. The van der Waals surface area contributed by atoms with Crippen LogP contribution in [0.25, 0.3) is 0 Å². The number of carbonyl (C=O) groups is 1. The second-order valence-electron chi connectivity index (χ2n) is 4.73. The van der Waals surface area contributed by atoms with Crippen LogP contribution in [0.3, 0.4) is 0 Å². The Kier molecular flexibility index (Phi) is 4.44. The molecule has 0 aliphatic rings. The first kappa shape index (κ1) is 16.6. The fourth-order valence-corrected chi connectivity index (χ4v) is 1.92. The van der Waals surface area contributed by atoms with E-state index >= 15 is 0 Å². The van der Waals surface area contributed by atoms with E-state index in [1.807, 2.05) is 0 Å². The van der Waals surface area contributed by atoms with E-state index < -0.39 is 23.1 Å². The first-order valence-electron chi connectivity index (χ1n) is 6.45. The molecule has 0 bridgehead atoms. The summed E-state index contributed by atoms with van der Waals surface area (Å²) in [7, 11) is 2.88. The number of methoxy groups -OCH3 is 1. The van der Waals surface area contributed by atoms with E-state index in [1.165, 1.54) is 17.9 Å². The zero-order valence-corrected chi connectivity index (χ0v) is 12.3. The van der Waals surface area contributed by atoms with Crippen LogP contribution in [0.5, 0.6) is 5.75 Å². The van der Waals surface area contributed by atoms with Crippen LogP contribution >= 0.6 is 0 Å². The normalized spacial score (nSPS) is 11.2. The zero-order valence-electron chi connectivity index (χ0n) is 12.3. The third-order valence-electron chi connectivity index (χ3n) is 3.12. The van der Waals surface area contributed by atoms with Crippen molar-refractivity contribution < 1.29 is 22.7 Å². The van der Waals surface area contributed by atoms with E-state index in [2.05, 4.69) is 5.32 Å². The highest BCUT2D eigenvalue weighted by Crippen LogP contribution is 2.29. The van der Waals surface area contributed by atoms with Gasteiger partial charge in [-0.15, -0.1) is 0 Å². The number of hydrogen-bond acceptors (Lipinski definition) is 3. The molecule has 0 spiro atoms. The molecule has 0 saturated heterocycles. The Bertz CT molecular complexity index is 780. The van der Waals surface area contributed by atoms with Gasteiger partial charge in [0, 0.05) is 18.8 Å². The highest BCUT2D eigenvalue weighted by Gasteiger charge is 2.30. The number of pyridine rings is 1. The second-order valence-corrected chi connectivity index (χ2v) is 4.73. The molecule has 8 heteroatoms. The van der Waals surface area contributed by atoms with Crippen molar-refractivity contribution >= 4 is 11.6 Å². The predicted octanol–water partition coefficient (Wildman–Crippen LogP) is 2.67. The number of carbonyl (C=O) groups excluding carboxylic acids is 1. The van der Waals surface area contributed by atoms with Crippen LogP contribution < -0.4 is 15.5 Å². The van der Waals surface area contributed by atoms with Gasteiger partial charge >= 0.3 is 6.18 Å². The molecule has 1 N–H and O–H groups in total. The van der Waals surface area contributed by atoms with Crippen LogP contribution in [0.2, 0.25) is 0 Å². The summed E-state index contributed by atoms with van der Waals surface area (Å²) < 4.78 is 43.7. The molecule has 0 fully saturated rings. The molecule has 1 amide bonds. The zero-order chi connectivity index (χ0) is 17.2. The van der Waals surface area contributed by atoms with E-state index in [1.54, 1.807) is 7.05 Å². The van der Waals surface area contributed by atoms with Crippen LogP contribution in [0.4, 0.5) is 18.9 Å². The Hall–Kier alpha value is -2.77. The Morgan fingerprint density at radius 2 is 1.83 bits per heavy atom. The number of nitrogens with one attached hydrogen (secondary N) is 1. The Balaban J connectivity index is 2.23. The van der Waals surface area contributed by atoms with Crippen LogP contribution in [0, 0.1) is 0 Å². The maximum absolute atomic E-state index is 12.5. The summed E-state index contributed by atoms with van der Waals surface area (Å²) in [6.07, 6.45) is -3.09. The number of rotatable bonds is 3. The lowest BCUT2D eigenvalue weighted by molar-refractivity contribution is -0.137. The van der Waals surface area contributed by atoms with Crippen LogP contribution in [-0.4, -0.2) is 17.6 Å². The molecular weight excluding hydrogens is 313 g/mol. The monoisotopic (exact) mass is 326 g/mol. The molecule has 122 valence electrons. The number of benzene rings is 1. The predicted molar refractivity (Wildman–Crippen MR) is 77.6 cm³/mol. The van der Waals surface area contributed by atoms with Gasteiger partial charge in [0.25, 0.3) is 5.91 Å². The maximum Gasteiger partial charge on any atom is 0.416 e. The van der Waals surface area contributed by atoms with Gasteiger partial charge in [-0.3, -0.25) is 9.59 Å². The Morgan fingerprint density at radius 3 is 2.35 bits per heavy atom. The molecule has 23 heavy (non-hydrogen) atoms. The first-order chi connectivity index (χ1) is 10.7. The number of nitrogens with zero attached hydrogens (tertiary/aromatic N) is 1. The van der Waals surface area contributed by atoms with Crippen molar-refractivity contribution in [1.29, 1.82) is 0 Å². The average molecular weight is 326 g/mol. The molecule has 0 saturated carbocycles. The lowest BCUT2D eigenvalue weighted by Crippen LogP contribution is -2.21. The summed E-state index contributed by atoms with van der Waals surface area (Å²) in [4.78, 5) is 23.8. The molecular formula is C15H13F3N2O3. The van der Waals surface area contributed by atoms with Crippen molar-refractivity contribution in [2.75, 3.05) is 12.4 Å². The van der Waals surface area contributed by atoms with Gasteiger partial charge in [-0.05, 0) is 24.3 Å². The number of halogens is 3. The van der Waals surface area contributed by atoms with Gasteiger partial charge in [0.05, 0.1) is 18.9 Å². The van der Waals surface area contributed by atoms with Gasteiger partial charge in [0.2, 0.25) is 5.43 Å². The Labute approximate surface area is 129 Å². The maximum atomic E-state index is 12.5. The number of hydrogen-bond donors (Lipinski definition) is 1. The minimum Gasteiger partial charge on any atom is -0.491 e. The van der Waals surface area contributed by atoms with Gasteiger partial charge in [0.15, 0.2) is 5.75 Å². The topological polar surface area (TPSA) is 60.3 Å². The van der Waals surface area contributed by atoms with Crippen molar-refractivity contribution in [2.24, 2.45) is 7.05 Å². The van der Waals surface area contributed by atoms with E-state index in [-0.39, 0.29) is 17.1 Å². The minimum absolute atomic E-state index is 0.0516. The molecule has 1 aromatic heterocycles. The smallest absolute Gasteiger partial charge is 0.416 e. The number of ether oxygens (including phenoxy) is 1. The summed E-state index contributed by atoms with van der Waals surface area (Å²) in [6.45, 7) is 0. The summed E-state index contributed by atoms with van der Waals surface area (Å²) in [6, 6.07) is 5.11. The number of anilines is 1. The lowest BCUT2D eigenvalue weighted by Gasteiger charge is -2.11. The third-order valence-corrected chi connectivity index (χ3v) is 3.12. The van der Waals surface area contributed by atoms with Crippen molar-refractivity contribution in [3.63, 3.8) is 0 Å². The van der Waals surface area contributed by atoms with Gasteiger partial charge in [-0.2, -0.15) is 13.2 Å². The molecule has 5 nitrogen and oxygen atoms in total. The van der Waals surface area contributed by atoms with Crippen molar-refractivity contribution in [1.82, 2.24) is 4.57 Å². The first-order valence-corrected chi connectivity index (χ1v) is 6.45. The largest absolute Gasteiger partial charge is 0.491 e. The van der Waals surface area contributed by atoms with Gasteiger partial charge in [0.1, 0.15) is 5.69 Å². The highest BCUT2D eigenvalue weighted by molar-refractivity contribution is 6.03. The van der Waals surface area contributed by atoms with Crippen molar-refractivity contribution in [3.05, 3.63) is 58.0 Å². The highest BCUT2D eigenvalue weighted by atomic mass is 19.4.